The van der Waals surface area contributed by atoms with E-state index in [0.29, 0.717) is 18.2 Å². The van der Waals surface area contributed by atoms with Crippen molar-refractivity contribution in [1.82, 2.24) is 10.2 Å². The minimum Gasteiger partial charge on any atom is -0.480 e. The average molecular weight is 276 g/mol. The summed E-state index contributed by atoms with van der Waals surface area (Å²) < 4.78 is 0. The lowest BCUT2D eigenvalue weighted by atomic mass is 10.3. The van der Waals surface area contributed by atoms with E-state index >= 15 is 0 Å². The predicted molar refractivity (Wildman–Crippen MR) is 71.5 cm³/mol. The summed E-state index contributed by atoms with van der Waals surface area (Å²) in [6, 6.07) is -0.984. The van der Waals surface area contributed by atoms with Gasteiger partial charge in [-0.05, 0) is 0 Å². The van der Waals surface area contributed by atoms with E-state index in [4.69, 9.17) is 5.11 Å². The number of nitrogens with zero attached hydrogens (tertiary/aromatic N) is 1. The molecule has 1 atom stereocenters. The second kappa shape index (κ2) is 7.50. The van der Waals surface area contributed by atoms with Crippen LogP contribution in [0.3, 0.4) is 0 Å². The molecule has 96 valence electrons. The van der Waals surface area contributed by atoms with Crippen molar-refractivity contribution >= 4 is 35.5 Å². The normalized spacial score (nSPS) is 19.1. The Kier molecular flexibility index (Phi) is 6.28. The van der Waals surface area contributed by atoms with Crippen LogP contribution in [0.25, 0.3) is 0 Å². The van der Waals surface area contributed by atoms with Gasteiger partial charge in [-0.2, -0.15) is 11.8 Å². The number of hydrogen-bond acceptors (Lipinski definition) is 4. The molecule has 0 aromatic rings. The van der Waals surface area contributed by atoms with Gasteiger partial charge < -0.3 is 15.3 Å². The highest BCUT2D eigenvalue weighted by Crippen LogP contribution is 2.20. The molecule has 0 unspecified atom stereocenters. The minimum absolute atomic E-state index is 0.290. The maximum atomic E-state index is 11.7. The molecule has 7 heteroatoms. The van der Waals surface area contributed by atoms with Crippen LogP contribution in [0.5, 0.6) is 0 Å². The lowest BCUT2D eigenvalue weighted by Gasteiger charge is -2.20. The summed E-state index contributed by atoms with van der Waals surface area (Å²) in [5.74, 6) is 1.63. The molecule has 5 nitrogen and oxygen atoms in total. The number of carbonyl (C=O) groups is 2. The topological polar surface area (TPSA) is 69.6 Å². The van der Waals surface area contributed by atoms with E-state index < -0.39 is 12.0 Å². The molecule has 2 N–H and O–H groups in total. The molecule has 0 aromatic heterocycles. The number of thioether (sulfide) groups is 2. The van der Waals surface area contributed by atoms with E-state index in [1.165, 1.54) is 16.7 Å². The van der Waals surface area contributed by atoms with Gasteiger partial charge in [0.25, 0.3) is 0 Å². The first kappa shape index (κ1) is 14.2. The van der Waals surface area contributed by atoms with Gasteiger partial charge in [0.2, 0.25) is 0 Å². The third-order valence-electron chi connectivity index (χ3n) is 2.19. The molecule has 1 aliphatic rings. The van der Waals surface area contributed by atoms with Crippen LogP contribution in [0.1, 0.15) is 0 Å². The summed E-state index contributed by atoms with van der Waals surface area (Å²) in [6.45, 7) is 4.15. The Balaban J connectivity index is 2.27. The highest BCUT2D eigenvalue weighted by atomic mass is 32.2. The molecule has 1 fully saturated rings. The molecule has 17 heavy (non-hydrogen) atoms. The Morgan fingerprint density at radius 2 is 2.41 bits per heavy atom. The van der Waals surface area contributed by atoms with Crippen molar-refractivity contribution in [3.05, 3.63) is 12.7 Å². The SMILES string of the molecule is C=CCSCCNC(=O)N1CSC[C@H]1C(=O)O. The van der Waals surface area contributed by atoms with Crippen LogP contribution in [0, 0.1) is 0 Å². The monoisotopic (exact) mass is 276 g/mol. The Morgan fingerprint density at radius 1 is 1.65 bits per heavy atom. The fourth-order valence-corrected chi connectivity index (χ4v) is 3.07. The number of carboxylic acid groups (broad SMARTS) is 1. The van der Waals surface area contributed by atoms with Gasteiger partial charge >= 0.3 is 12.0 Å². The number of carboxylic acids is 1. The van der Waals surface area contributed by atoms with Gasteiger partial charge in [0.15, 0.2) is 0 Å². The fourth-order valence-electron chi connectivity index (χ4n) is 1.35. The first-order valence-corrected chi connectivity index (χ1v) is 7.51. The zero-order valence-corrected chi connectivity index (χ0v) is 11.1. The standard InChI is InChI=1S/C10H16N2O3S2/c1-2-4-16-5-3-11-10(15)12-7-17-6-8(12)9(13)14/h2,8H,1,3-7H2,(H,11,15)(H,13,14)/t8-/m0/s1. The van der Waals surface area contributed by atoms with E-state index in [9.17, 15) is 9.59 Å². The minimum atomic E-state index is -0.939. The third kappa shape index (κ3) is 4.51. The van der Waals surface area contributed by atoms with E-state index in [1.807, 2.05) is 6.08 Å². The van der Waals surface area contributed by atoms with Crippen molar-refractivity contribution in [1.29, 1.82) is 0 Å². The molecular weight excluding hydrogens is 260 g/mol. The second-order valence-electron chi connectivity index (χ2n) is 3.42. The number of hydrogen-bond donors (Lipinski definition) is 2. The largest absolute Gasteiger partial charge is 0.480 e. The molecule has 0 radical (unpaired) electrons. The molecule has 0 spiro atoms. The summed E-state index contributed by atoms with van der Waals surface area (Å²) in [6.07, 6.45) is 1.81. The van der Waals surface area contributed by atoms with E-state index in [2.05, 4.69) is 11.9 Å². The average Bonchev–Trinajstić information content (AvgIpc) is 2.77. The van der Waals surface area contributed by atoms with Crippen molar-refractivity contribution in [3.8, 4) is 0 Å². The molecule has 1 heterocycles. The van der Waals surface area contributed by atoms with Crippen LogP contribution in [0.4, 0.5) is 4.79 Å². The lowest BCUT2D eigenvalue weighted by molar-refractivity contribution is -0.140. The molecular formula is C10H16N2O3S2. The Hall–Kier alpha value is -0.820. The summed E-state index contributed by atoms with van der Waals surface area (Å²) in [5, 5.41) is 11.6. The maximum absolute atomic E-state index is 11.7. The first-order valence-electron chi connectivity index (χ1n) is 5.20. The van der Waals surface area contributed by atoms with E-state index in [-0.39, 0.29) is 6.03 Å². The number of urea groups is 1. The Labute approximate surface area is 109 Å². The summed E-state index contributed by atoms with van der Waals surface area (Å²) in [7, 11) is 0. The van der Waals surface area contributed by atoms with Gasteiger partial charge in [0.05, 0.1) is 5.88 Å². The van der Waals surface area contributed by atoms with Gasteiger partial charge in [-0.3, -0.25) is 0 Å². The zero-order chi connectivity index (χ0) is 12.7. The second-order valence-corrected chi connectivity index (χ2v) is 5.57. The van der Waals surface area contributed by atoms with Gasteiger partial charge in [0.1, 0.15) is 6.04 Å². The molecule has 0 aromatic carbocycles. The van der Waals surface area contributed by atoms with Crippen molar-refractivity contribution in [2.45, 2.75) is 6.04 Å². The van der Waals surface area contributed by atoms with Crippen LogP contribution in [-0.4, -0.2) is 57.7 Å². The quantitative estimate of drug-likeness (QED) is 0.561. The highest BCUT2D eigenvalue weighted by molar-refractivity contribution is 7.99. The molecule has 1 saturated heterocycles. The smallest absolute Gasteiger partial charge is 0.327 e. The highest BCUT2D eigenvalue weighted by Gasteiger charge is 2.34. The van der Waals surface area contributed by atoms with Gasteiger partial charge in [-0.1, -0.05) is 6.08 Å². The number of carbonyl (C=O) groups excluding carboxylic acids is 1. The lowest BCUT2D eigenvalue weighted by Crippen LogP contribution is -2.47. The zero-order valence-electron chi connectivity index (χ0n) is 9.42. The summed E-state index contributed by atoms with van der Waals surface area (Å²) in [5.41, 5.74) is 0. The van der Waals surface area contributed by atoms with Crippen LogP contribution in [0.2, 0.25) is 0 Å². The third-order valence-corrected chi connectivity index (χ3v) is 4.16. The fraction of sp³-hybridized carbons (Fsp3) is 0.600. The number of aliphatic carboxylic acids is 1. The number of nitrogens with one attached hydrogen (secondary N) is 1. The Morgan fingerprint density at radius 3 is 3.06 bits per heavy atom. The summed E-state index contributed by atoms with van der Waals surface area (Å²) >= 11 is 3.13. The summed E-state index contributed by atoms with van der Waals surface area (Å²) in [4.78, 5) is 23.9. The molecule has 0 saturated carbocycles. The number of amides is 2. The maximum Gasteiger partial charge on any atom is 0.327 e. The molecule has 1 rings (SSSR count). The van der Waals surface area contributed by atoms with Gasteiger partial charge in [-0.15, -0.1) is 18.3 Å². The molecule has 2 amide bonds. The molecule has 0 aliphatic carbocycles. The van der Waals surface area contributed by atoms with Gasteiger partial charge in [0, 0.05) is 23.8 Å². The first-order chi connectivity index (χ1) is 8.16. The van der Waals surface area contributed by atoms with E-state index in [1.54, 1.807) is 11.8 Å². The van der Waals surface area contributed by atoms with Crippen molar-refractivity contribution < 1.29 is 14.7 Å². The van der Waals surface area contributed by atoms with Crippen molar-refractivity contribution in [2.24, 2.45) is 0 Å². The molecule has 1 aliphatic heterocycles. The molecule has 0 bridgehead atoms. The van der Waals surface area contributed by atoms with Gasteiger partial charge in [-0.25, -0.2) is 9.59 Å². The van der Waals surface area contributed by atoms with Crippen LogP contribution < -0.4 is 5.32 Å². The van der Waals surface area contributed by atoms with Crippen LogP contribution in [-0.2, 0) is 4.79 Å². The van der Waals surface area contributed by atoms with E-state index in [0.717, 1.165) is 11.5 Å². The van der Waals surface area contributed by atoms with Crippen LogP contribution in [0.15, 0.2) is 12.7 Å². The number of rotatable bonds is 6. The predicted octanol–water partition coefficient (Wildman–Crippen LogP) is 1.07. The van der Waals surface area contributed by atoms with Crippen molar-refractivity contribution in [3.63, 3.8) is 0 Å². The van der Waals surface area contributed by atoms with Crippen molar-refractivity contribution in [2.75, 3.05) is 29.7 Å². The Bertz CT molecular complexity index is 299. The van der Waals surface area contributed by atoms with Crippen LogP contribution >= 0.6 is 23.5 Å².